The van der Waals surface area contributed by atoms with E-state index >= 15 is 0 Å². The van der Waals surface area contributed by atoms with Gasteiger partial charge in [-0.2, -0.15) is 0 Å². The van der Waals surface area contributed by atoms with E-state index in [-0.39, 0.29) is 5.56 Å². The number of amides is 1. The summed E-state index contributed by atoms with van der Waals surface area (Å²) in [6.45, 7) is 1.09. The Morgan fingerprint density at radius 1 is 1.44 bits per heavy atom. The number of carbonyl (C=O) groups excluding carboxylic acids is 1. The van der Waals surface area contributed by atoms with Gasteiger partial charge in [0.1, 0.15) is 17.7 Å². The smallest absolute Gasteiger partial charge is 0.239 e. The summed E-state index contributed by atoms with van der Waals surface area (Å²) in [7, 11) is 3.73. The Balaban J connectivity index is 2.84. The third-order valence-electron chi connectivity index (χ3n) is 2.46. The minimum absolute atomic E-state index is 0.0683. The summed E-state index contributed by atoms with van der Waals surface area (Å²) < 4.78 is 26.6. The van der Waals surface area contributed by atoms with Gasteiger partial charge >= 0.3 is 0 Å². The van der Waals surface area contributed by atoms with Crippen molar-refractivity contribution in [3.05, 3.63) is 35.4 Å². The number of primary amides is 1. The van der Waals surface area contributed by atoms with Crippen LogP contribution >= 0.6 is 0 Å². The minimum Gasteiger partial charge on any atom is -0.368 e. The maximum absolute atomic E-state index is 13.5. The van der Waals surface area contributed by atoms with Gasteiger partial charge in [-0.25, -0.2) is 8.78 Å². The number of hydrogen-bond donors (Lipinski definition) is 2. The topological polar surface area (TPSA) is 58.4 Å². The highest BCUT2D eigenvalue weighted by molar-refractivity contribution is 5.81. The van der Waals surface area contributed by atoms with Gasteiger partial charge in [0.25, 0.3) is 0 Å². The predicted molar refractivity (Wildman–Crippen MR) is 64.9 cm³/mol. The molecule has 6 heteroatoms. The molecule has 0 saturated carbocycles. The van der Waals surface area contributed by atoms with E-state index < -0.39 is 23.6 Å². The average molecular weight is 257 g/mol. The molecule has 0 aromatic heterocycles. The van der Waals surface area contributed by atoms with Crippen molar-refractivity contribution in [2.75, 3.05) is 27.2 Å². The minimum atomic E-state index is -1.03. The van der Waals surface area contributed by atoms with Gasteiger partial charge in [-0.3, -0.25) is 4.79 Å². The number of carbonyl (C=O) groups is 1. The predicted octanol–water partition coefficient (Wildman–Crippen LogP) is 0.642. The van der Waals surface area contributed by atoms with E-state index in [9.17, 15) is 13.6 Å². The fourth-order valence-electron chi connectivity index (χ4n) is 1.53. The van der Waals surface area contributed by atoms with Gasteiger partial charge in [-0.05, 0) is 32.3 Å². The van der Waals surface area contributed by atoms with Crippen molar-refractivity contribution >= 4 is 5.91 Å². The second kappa shape index (κ2) is 6.42. The van der Waals surface area contributed by atoms with Gasteiger partial charge in [-0.1, -0.05) is 0 Å². The number of nitrogens with two attached hydrogens (primary N) is 1. The molecule has 0 radical (unpaired) electrons. The van der Waals surface area contributed by atoms with Crippen LogP contribution in [0, 0.1) is 11.6 Å². The van der Waals surface area contributed by atoms with Crippen LogP contribution in [0.2, 0.25) is 0 Å². The molecule has 3 N–H and O–H groups in total. The second-order valence-electron chi connectivity index (χ2n) is 4.26. The molecule has 1 aromatic rings. The normalized spacial score (nSPS) is 12.7. The van der Waals surface area contributed by atoms with Crippen molar-refractivity contribution < 1.29 is 13.6 Å². The summed E-state index contributed by atoms with van der Waals surface area (Å²) in [6.07, 6.45) is 0. The van der Waals surface area contributed by atoms with Crippen LogP contribution in [0.5, 0.6) is 0 Å². The average Bonchev–Trinajstić information content (AvgIpc) is 2.27. The molecular weight excluding hydrogens is 240 g/mol. The molecule has 1 amide bonds. The second-order valence-corrected chi connectivity index (χ2v) is 4.26. The molecule has 0 aliphatic heterocycles. The Bertz CT molecular complexity index is 424. The Morgan fingerprint density at radius 2 is 2.11 bits per heavy atom. The molecule has 1 atom stereocenters. The van der Waals surface area contributed by atoms with Crippen molar-refractivity contribution in [2.24, 2.45) is 5.73 Å². The fourth-order valence-corrected chi connectivity index (χ4v) is 1.53. The van der Waals surface area contributed by atoms with E-state index in [1.165, 1.54) is 0 Å². The van der Waals surface area contributed by atoms with E-state index in [1.807, 2.05) is 19.0 Å². The first-order valence-electron chi connectivity index (χ1n) is 5.54. The van der Waals surface area contributed by atoms with Crippen LogP contribution in [-0.4, -0.2) is 38.0 Å². The van der Waals surface area contributed by atoms with Crippen LogP contribution in [0.1, 0.15) is 11.6 Å². The summed E-state index contributed by atoms with van der Waals surface area (Å²) >= 11 is 0. The lowest BCUT2D eigenvalue weighted by Crippen LogP contribution is -2.37. The number of halogens is 2. The van der Waals surface area contributed by atoms with Crippen LogP contribution in [0.3, 0.4) is 0 Å². The molecule has 0 bridgehead atoms. The SMILES string of the molecule is CN(C)CCNC(C(N)=O)c1cc(F)ccc1F. The summed E-state index contributed by atoms with van der Waals surface area (Å²) in [5.41, 5.74) is 5.13. The van der Waals surface area contributed by atoms with E-state index in [0.717, 1.165) is 18.2 Å². The summed E-state index contributed by atoms with van der Waals surface area (Å²) in [5.74, 6) is -2.00. The van der Waals surface area contributed by atoms with Crippen molar-refractivity contribution in [1.29, 1.82) is 0 Å². The molecule has 0 saturated heterocycles. The quantitative estimate of drug-likeness (QED) is 0.786. The zero-order valence-corrected chi connectivity index (χ0v) is 10.4. The van der Waals surface area contributed by atoms with E-state index in [1.54, 1.807) is 0 Å². The zero-order chi connectivity index (χ0) is 13.7. The van der Waals surface area contributed by atoms with Crippen LogP contribution in [0.4, 0.5) is 8.78 Å². The molecule has 0 aliphatic carbocycles. The molecule has 1 aromatic carbocycles. The first-order chi connectivity index (χ1) is 8.41. The molecule has 18 heavy (non-hydrogen) atoms. The molecule has 0 fully saturated rings. The highest BCUT2D eigenvalue weighted by Gasteiger charge is 2.21. The number of hydrogen-bond acceptors (Lipinski definition) is 3. The summed E-state index contributed by atoms with van der Waals surface area (Å²) in [5, 5.41) is 2.81. The molecular formula is C12H17F2N3O. The molecule has 0 aliphatic rings. The van der Waals surface area contributed by atoms with Gasteiger partial charge in [0, 0.05) is 18.7 Å². The first kappa shape index (κ1) is 14.5. The number of nitrogens with zero attached hydrogens (tertiary/aromatic N) is 1. The van der Waals surface area contributed by atoms with E-state index in [0.29, 0.717) is 13.1 Å². The lowest BCUT2D eigenvalue weighted by atomic mass is 10.1. The molecule has 1 rings (SSSR count). The van der Waals surface area contributed by atoms with Crippen molar-refractivity contribution in [3.8, 4) is 0 Å². The number of nitrogens with one attached hydrogen (secondary N) is 1. The van der Waals surface area contributed by atoms with Crippen LogP contribution in [-0.2, 0) is 4.79 Å². The molecule has 1 unspecified atom stereocenters. The summed E-state index contributed by atoms with van der Waals surface area (Å²) in [6, 6.07) is 1.93. The maximum atomic E-state index is 13.5. The third kappa shape index (κ3) is 4.05. The standard InChI is InChI=1S/C12H17F2N3O/c1-17(2)6-5-16-11(12(15)18)9-7-8(13)3-4-10(9)14/h3-4,7,11,16H,5-6H2,1-2H3,(H2,15,18). The monoisotopic (exact) mass is 257 g/mol. The molecule has 0 spiro atoms. The number of benzene rings is 1. The highest BCUT2D eigenvalue weighted by atomic mass is 19.1. The van der Waals surface area contributed by atoms with Gasteiger partial charge in [-0.15, -0.1) is 0 Å². The van der Waals surface area contributed by atoms with E-state index in [2.05, 4.69) is 5.32 Å². The van der Waals surface area contributed by atoms with Crippen molar-refractivity contribution in [3.63, 3.8) is 0 Å². The van der Waals surface area contributed by atoms with Gasteiger partial charge < -0.3 is 16.0 Å². The molecule has 100 valence electrons. The summed E-state index contributed by atoms with van der Waals surface area (Å²) in [4.78, 5) is 13.2. The first-order valence-corrected chi connectivity index (χ1v) is 5.54. The van der Waals surface area contributed by atoms with Crippen LogP contribution in [0.25, 0.3) is 0 Å². The van der Waals surface area contributed by atoms with Gasteiger partial charge in [0.2, 0.25) is 5.91 Å². The number of rotatable bonds is 6. The van der Waals surface area contributed by atoms with Gasteiger partial charge in [0.05, 0.1) is 0 Å². The maximum Gasteiger partial charge on any atom is 0.239 e. The van der Waals surface area contributed by atoms with Crippen molar-refractivity contribution in [2.45, 2.75) is 6.04 Å². The largest absolute Gasteiger partial charge is 0.368 e. The third-order valence-corrected chi connectivity index (χ3v) is 2.46. The number of likely N-dealkylation sites (N-methyl/N-ethyl adjacent to an activating group) is 1. The van der Waals surface area contributed by atoms with E-state index in [4.69, 9.17) is 5.73 Å². The van der Waals surface area contributed by atoms with Crippen LogP contribution < -0.4 is 11.1 Å². The van der Waals surface area contributed by atoms with Gasteiger partial charge in [0.15, 0.2) is 0 Å². The Labute approximate surface area is 105 Å². The Kier molecular flexibility index (Phi) is 5.18. The lowest BCUT2D eigenvalue weighted by Gasteiger charge is -2.18. The Hall–Kier alpha value is -1.53. The van der Waals surface area contributed by atoms with Crippen LogP contribution in [0.15, 0.2) is 18.2 Å². The zero-order valence-electron chi connectivity index (χ0n) is 10.4. The fraction of sp³-hybridized carbons (Fsp3) is 0.417. The van der Waals surface area contributed by atoms with Crippen molar-refractivity contribution in [1.82, 2.24) is 10.2 Å². The lowest BCUT2D eigenvalue weighted by molar-refractivity contribution is -0.120. The Morgan fingerprint density at radius 3 is 2.67 bits per heavy atom. The molecule has 4 nitrogen and oxygen atoms in total. The molecule has 0 heterocycles. The highest BCUT2D eigenvalue weighted by Crippen LogP contribution is 2.18.